The maximum Gasteiger partial charge on any atom is 0.326 e. The van der Waals surface area contributed by atoms with E-state index in [1.165, 1.54) is 0 Å². The van der Waals surface area contributed by atoms with E-state index in [1.807, 2.05) is 30.3 Å². The van der Waals surface area contributed by atoms with Gasteiger partial charge in [0.25, 0.3) is 0 Å². The van der Waals surface area contributed by atoms with Crippen LogP contribution in [0.25, 0.3) is 0 Å². The molecule has 1 saturated heterocycles. The molecule has 1 aliphatic heterocycles. The van der Waals surface area contributed by atoms with Gasteiger partial charge in [0.2, 0.25) is 0 Å². The monoisotopic (exact) mass is 207 g/mol. The van der Waals surface area contributed by atoms with E-state index in [2.05, 4.69) is 5.32 Å². The Morgan fingerprint density at radius 2 is 2.13 bits per heavy atom. The van der Waals surface area contributed by atoms with Crippen molar-refractivity contribution in [2.24, 2.45) is 0 Å². The van der Waals surface area contributed by atoms with Crippen molar-refractivity contribution in [2.75, 3.05) is 6.61 Å². The van der Waals surface area contributed by atoms with Crippen LogP contribution in [0.1, 0.15) is 5.56 Å². The van der Waals surface area contributed by atoms with Gasteiger partial charge in [0.1, 0.15) is 18.8 Å². The highest BCUT2D eigenvalue weighted by atomic mass is 16.6. The van der Waals surface area contributed by atoms with Crippen molar-refractivity contribution in [3.8, 4) is 0 Å². The lowest BCUT2D eigenvalue weighted by atomic mass is 10.1. The van der Waals surface area contributed by atoms with E-state index >= 15 is 0 Å². The number of hydrogen-bond donors (Lipinski definition) is 2. The fourth-order valence-corrected chi connectivity index (χ4v) is 1.55. The molecule has 0 radical (unpaired) electrons. The number of carbonyl (C=O) groups is 1. The molecule has 15 heavy (non-hydrogen) atoms. The first kappa shape index (κ1) is 10.1. The molecule has 1 heterocycles. The Balaban J connectivity index is 1.91. The van der Waals surface area contributed by atoms with Crippen molar-refractivity contribution >= 4 is 5.97 Å². The normalized spacial score (nSPS) is 25.3. The Kier molecular flexibility index (Phi) is 2.99. The lowest BCUT2D eigenvalue weighted by Gasteiger charge is -2.11. The van der Waals surface area contributed by atoms with Crippen LogP contribution in [-0.2, 0) is 16.1 Å². The van der Waals surface area contributed by atoms with Crippen LogP contribution >= 0.6 is 0 Å². The van der Waals surface area contributed by atoms with Crippen LogP contribution in [0.3, 0.4) is 0 Å². The number of aliphatic hydroxyl groups excluding tert-OH is 1. The Morgan fingerprint density at radius 1 is 1.40 bits per heavy atom. The third-order valence-corrected chi connectivity index (χ3v) is 2.40. The summed E-state index contributed by atoms with van der Waals surface area (Å²) in [5.74, 6) is -0.376. The summed E-state index contributed by atoms with van der Waals surface area (Å²) in [6, 6.07) is 9.12. The molecule has 0 aromatic heterocycles. The number of aliphatic hydroxyl groups is 1. The van der Waals surface area contributed by atoms with Gasteiger partial charge < -0.3 is 9.84 Å². The average molecular weight is 207 g/mol. The fraction of sp³-hybridized carbons (Fsp3) is 0.364. The Morgan fingerprint density at radius 3 is 2.73 bits per heavy atom. The van der Waals surface area contributed by atoms with Gasteiger partial charge in [-0.2, -0.15) is 0 Å². The topological polar surface area (TPSA) is 58.6 Å². The molecule has 1 aliphatic rings. The second-order valence-corrected chi connectivity index (χ2v) is 3.54. The van der Waals surface area contributed by atoms with Gasteiger partial charge in [-0.3, -0.25) is 10.1 Å². The maximum atomic E-state index is 11.2. The molecule has 0 bridgehead atoms. The van der Waals surface area contributed by atoms with Crippen molar-refractivity contribution in [1.82, 2.24) is 5.32 Å². The number of cyclic esters (lactones) is 1. The highest BCUT2D eigenvalue weighted by molar-refractivity contribution is 5.78. The number of rotatable bonds is 3. The van der Waals surface area contributed by atoms with Crippen LogP contribution in [0.2, 0.25) is 0 Å². The predicted molar refractivity (Wildman–Crippen MR) is 54.0 cm³/mol. The molecule has 4 nitrogen and oxygen atoms in total. The molecule has 0 saturated carbocycles. The molecule has 1 aromatic rings. The van der Waals surface area contributed by atoms with E-state index in [9.17, 15) is 9.90 Å². The van der Waals surface area contributed by atoms with Gasteiger partial charge in [0, 0.05) is 6.54 Å². The summed E-state index contributed by atoms with van der Waals surface area (Å²) >= 11 is 0. The largest absolute Gasteiger partial charge is 0.462 e. The summed E-state index contributed by atoms with van der Waals surface area (Å²) < 4.78 is 4.71. The molecule has 0 aliphatic carbocycles. The first-order valence-corrected chi connectivity index (χ1v) is 4.89. The van der Waals surface area contributed by atoms with Gasteiger partial charge in [-0.25, -0.2) is 0 Å². The highest BCUT2D eigenvalue weighted by Crippen LogP contribution is 2.08. The van der Waals surface area contributed by atoms with Crippen molar-refractivity contribution < 1.29 is 14.6 Å². The minimum atomic E-state index is -0.735. The summed E-state index contributed by atoms with van der Waals surface area (Å²) in [4.78, 5) is 11.2. The van der Waals surface area contributed by atoms with E-state index in [0.717, 1.165) is 5.56 Å². The molecule has 0 spiro atoms. The molecule has 2 N–H and O–H groups in total. The zero-order valence-electron chi connectivity index (χ0n) is 8.22. The summed E-state index contributed by atoms with van der Waals surface area (Å²) in [6.07, 6.45) is -0.735. The van der Waals surface area contributed by atoms with E-state index in [4.69, 9.17) is 4.74 Å². The molecule has 0 unspecified atom stereocenters. The number of hydrogen-bond acceptors (Lipinski definition) is 4. The smallest absolute Gasteiger partial charge is 0.326 e. The standard InChI is InChI=1S/C11H13NO3/c13-9-7-15-11(14)10(9)12-6-8-4-2-1-3-5-8/h1-5,9-10,12-13H,6-7H2/t9-,10-/m1/s1. The minimum absolute atomic E-state index is 0.0886. The SMILES string of the molecule is O=C1OC[C@@H](O)[C@H]1NCc1ccccc1. The third kappa shape index (κ3) is 2.34. The van der Waals surface area contributed by atoms with Crippen molar-refractivity contribution in [3.05, 3.63) is 35.9 Å². The van der Waals surface area contributed by atoms with Crippen LogP contribution in [0.15, 0.2) is 30.3 Å². The number of ether oxygens (including phenoxy) is 1. The van der Waals surface area contributed by atoms with Crippen LogP contribution < -0.4 is 5.32 Å². The van der Waals surface area contributed by atoms with Crippen LogP contribution in [0.5, 0.6) is 0 Å². The zero-order valence-corrected chi connectivity index (χ0v) is 8.22. The number of carbonyl (C=O) groups excluding carboxylic acids is 1. The van der Waals surface area contributed by atoms with E-state index in [0.29, 0.717) is 6.54 Å². The van der Waals surface area contributed by atoms with E-state index in [1.54, 1.807) is 0 Å². The molecule has 1 aromatic carbocycles. The van der Waals surface area contributed by atoms with Gasteiger partial charge in [0.15, 0.2) is 0 Å². The van der Waals surface area contributed by atoms with Crippen molar-refractivity contribution in [3.63, 3.8) is 0 Å². The number of benzene rings is 1. The van der Waals surface area contributed by atoms with Crippen molar-refractivity contribution in [1.29, 1.82) is 0 Å². The molecule has 1 fully saturated rings. The predicted octanol–water partition coefficient (Wildman–Crippen LogP) is 0.0625. The van der Waals surface area contributed by atoms with Crippen LogP contribution in [-0.4, -0.2) is 29.8 Å². The van der Waals surface area contributed by atoms with Gasteiger partial charge in [-0.15, -0.1) is 0 Å². The molecule has 0 amide bonds. The number of esters is 1. The van der Waals surface area contributed by atoms with Crippen LogP contribution in [0.4, 0.5) is 0 Å². The zero-order chi connectivity index (χ0) is 10.7. The summed E-state index contributed by atoms with van der Waals surface area (Å²) in [5.41, 5.74) is 1.07. The van der Waals surface area contributed by atoms with Gasteiger partial charge >= 0.3 is 5.97 Å². The van der Waals surface area contributed by atoms with E-state index < -0.39 is 12.1 Å². The molecule has 2 atom stereocenters. The van der Waals surface area contributed by atoms with Crippen LogP contribution in [0, 0.1) is 0 Å². The molecule has 2 rings (SSSR count). The first-order valence-electron chi connectivity index (χ1n) is 4.89. The lowest BCUT2D eigenvalue weighted by Crippen LogP contribution is -2.40. The van der Waals surface area contributed by atoms with Gasteiger partial charge in [-0.05, 0) is 5.56 Å². The summed E-state index contributed by atoms with van der Waals surface area (Å²) in [7, 11) is 0. The van der Waals surface area contributed by atoms with Gasteiger partial charge in [-0.1, -0.05) is 30.3 Å². The molecular formula is C11H13NO3. The maximum absolute atomic E-state index is 11.2. The average Bonchev–Trinajstić information content (AvgIpc) is 2.58. The first-order chi connectivity index (χ1) is 7.27. The molecule has 4 heteroatoms. The fourth-order valence-electron chi connectivity index (χ4n) is 1.55. The minimum Gasteiger partial charge on any atom is -0.462 e. The second-order valence-electron chi connectivity index (χ2n) is 3.54. The lowest BCUT2D eigenvalue weighted by molar-refractivity contribution is -0.139. The quantitative estimate of drug-likeness (QED) is 0.688. The molecule has 80 valence electrons. The summed E-state index contributed by atoms with van der Waals surface area (Å²) in [6.45, 7) is 0.642. The van der Waals surface area contributed by atoms with Crippen molar-refractivity contribution in [2.45, 2.75) is 18.7 Å². The third-order valence-electron chi connectivity index (χ3n) is 2.40. The Labute approximate surface area is 87.9 Å². The highest BCUT2D eigenvalue weighted by Gasteiger charge is 2.34. The number of nitrogens with one attached hydrogen (secondary N) is 1. The second kappa shape index (κ2) is 4.42. The summed E-state index contributed by atoms with van der Waals surface area (Å²) in [5, 5.41) is 12.4. The molecular weight excluding hydrogens is 194 g/mol. The van der Waals surface area contributed by atoms with Gasteiger partial charge in [0.05, 0.1) is 0 Å². The van der Waals surface area contributed by atoms with E-state index in [-0.39, 0.29) is 12.6 Å². The Hall–Kier alpha value is -1.39. The Bertz CT molecular complexity index is 339.